The fourth-order valence-corrected chi connectivity index (χ4v) is 1.29. The molecule has 2 heteroatoms. The van der Waals surface area contributed by atoms with Crippen LogP contribution >= 0.6 is 22.6 Å². The molecule has 2 atom stereocenters. The Hall–Kier alpha value is 0.690. The number of ether oxygens (including phenoxy) is 1. The summed E-state index contributed by atoms with van der Waals surface area (Å²) in [6.45, 7) is 2.14. The van der Waals surface area contributed by atoms with Crippen molar-refractivity contribution in [3.8, 4) is 0 Å². The van der Waals surface area contributed by atoms with Crippen LogP contribution in [0.4, 0.5) is 0 Å². The molecule has 0 aromatic heterocycles. The highest BCUT2D eigenvalue weighted by Gasteiger charge is 2.33. The first-order valence-electron chi connectivity index (χ1n) is 2.14. The van der Waals surface area contributed by atoms with Gasteiger partial charge in [0.05, 0.1) is 6.10 Å². The van der Waals surface area contributed by atoms with Gasteiger partial charge in [-0.3, -0.25) is 0 Å². The number of hydrogen-bond donors (Lipinski definition) is 0. The SMILES string of the molecule is CC[C@@H]1O[C@H]1I. The molecular weight excluding hydrogens is 191 g/mol. The maximum Gasteiger partial charge on any atom is 0.135 e. The van der Waals surface area contributed by atoms with E-state index in [0.29, 0.717) is 10.2 Å². The largest absolute Gasteiger partial charge is 0.358 e. The summed E-state index contributed by atoms with van der Waals surface area (Å²) in [5, 5.41) is 0. The predicted octanol–water partition coefficient (Wildman–Crippen LogP) is 1.56. The van der Waals surface area contributed by atoms with Crippen molar-refractivity contribution in [2.45, 2.75) is 23.6 Å². The van der Waals surface area contributed by atoms with Gasteiger partial charge in [-0.05, 0) is 29.0 Å². The van der Waals surface area contributed by atoms with E-state index in [4.69, 9.17) is 4.74 Å². The first-order chi connectivity index (χ1) is 2.84. The molecule has 36 valence electrons. The van der Waals surface area contributed by atoms with Gasteiger partial charge in [-0.25, -0.2) is 0 Å². The molecule has 0 spiro atoms. The van der Waals surface area contributed by atoms with Gasteiger partial charge in [-0.1, -0.05) is 6.92 Å². The fourth-order valence-electron chi connectivity index (χ4n) is 0.403. The number of epoxide rings is 1. The molecule has 1 aliphatic rings. The number of hydrogen-bond acceptors (Lipinski definition) is 1. The van der Waals surface area contributed by atoms with Crippen LogP contribution < -0.4 is 0 Å². The Kier molecular flexibility index (Phi) is 1.34. The van der Waals surface area contributed by atoms with E-state index >= 15 is 0 Å². The van der Waals surface area contributed by atoms with E-state index in [2.05, 4.69) is 29.5 Å². The third-order valence-corrected chi connectivity index (χ3v) is 2.02. The van der Waals surface area contributed by atoms with Crippen molar-refractivity contribution >= 4 is 22.6 Å². The Labute approximate surface area is 51.2 Å². The summed E-state index contributed by atoms with van der Waals surface area (Å²) in [6, 6.07) is 0. The van der Waals surface area contributed by atoms with E-state index in [1.807, 2.05) is 0 Å². The quantitative estimate of drug-likeness (QED) is 0.353. The zero-order chi connectivity index (χ0) is 4.57. The van der Waals surface area contributed by atoms with E-state index in [9.17, 15) is 0 Å². The molecule has 0 saturated carbocycles. The lowest BCUT2D eigenvalue weighted by Gasteiger charge is -1.71. The van der Waals surface area contributed by atoms with Crippen LogP contribution in [-0.2, 0) is 4.74 Å². The lowest BCUT2D eigenvalue weighted by Crippen LogP contribution is -1.78. The predicted molar refractivity (Wildman–Crippen MR) is 33.0 cm³/mol. The molecule has 1 nitrogen and oxygen atoms in total. The Morgan fingerprint density at radius 1 is 1.83 bits per heavy atom. The minimum Gasteiger partial charge on any atom is -0.358 e. The lowest BCUT2D eigenvalue weighted by molar-refractivity contribution is 0.399. The topological polar surface area (TPSA) is 12.5 Å². The highest BCUT2D eigenvalue weighted by molar-refractivity contribution is 14.1. The normalized spacial score (nSPS) is 43.0. The summed E-state index contributed by atoms with van der Waals surface area (Å²) in [6.07, 6.45) is 1.76. The highest BCUT2D eigenvalue weighted by Crippen LogP contribution is 2.30. The Morgan fingerprint density at radius 3 is 2.33 bits per heavy atom. The summed E-state index contributed by atoms with van der Waals surface area (Å²) < 4.78 is 5.59. The molecule has 0 aliphatic carbocycles. The smallest absolute Gasteiger partial charge is 0.135 e. The average molecular weight is 198 g/mol. The van der Waals surface area contributed by atoms with Gasteiger partial charge in [-0.15, -0.1) is 0 Å². The third-order valence-electron chi connectivity index (χ3n) is 0.923. The zero-order valence-corrected chi connectivity index (χ0v) is 5.81. The maximum atomic E-state index is 5.05. The average Bonchev–Trinajstić information content (AvgIpc) is 2.19. The summed E-state index contributed by atoms with van der Waals surface area (Å²) in [4.78, 5) is 0. The number of halogens is 1. The molecule has 1 aliphatic heterocycles. The number of alkyl halides is 1. The minimum absolute atomic E-state index is 0.535. The maximum absolute atomic E-state index is 5.05. The summed E-state index contributed by atoms with van der Waals surface area (Å²) in [5.41, 5.74) is 0. The summed E-state index contributed by atoms with van der Waals surface area (Å²) >= 11 is 2.29. The van der Waals surface area contributed by atoms with Crippen molar-refractivity contribution in [3.05, 3.63) is 0 Å². The molecule has 0 aromatic carbocycles. The van der Waals surface area contributed by atoms with Gasteiger partial charge < -0.3 is 4.74 Å². The Balaban J connectivity index is 2.09. The van der Waals surface area contributed by atoms with Crippen molar-refractivity contribution in [1.82, 2.24) is 0 Å². The molecule has 0 N–H and O–H groups in total. The summed E-state index contributed by atoms with van der Waals surface area (Å²) in [7, 11) is 0. The summed E-state index contributed by atoms with van der Waals surface area (Å²) in [5.74, 6) is 0. The van der Waals surface area contributed by atoms with Crippen molar-refractivity contribution in [3.63, 3.8) is 0 Å². The van der Waals surface area contributed by atoms with Crippen molar-refractivity contribution in [2.24, 2.45) is 0 Å². The fraction of sp³-hybridized carbons (Fsp3) is 1.00. The second-order valence-corrected chi connectivity index (χ2v) is 2.66. The lowest BCUT2D eigenvalue weighted by atomic mass is 10.4. The molecule has 0 amide bonds. The van der Waals surface area contributed by atoms with Crippen LogP contribution in [0.2, 0.25) is 0 Å². The minimum atomic E-state index is 0.535. The van der Waals surface area contributed by atoms with Crippen molar-refractivity contribution in [1.29, 1.82) is 0 Å². The standard InChI is InChI=1S/C4H7IO/c1-2-3-4(5)6-3/h3-4H,2H2,1H3/t3-,4+/m0/s1. The van der Waals surface area contributed by atoms with E-state index < -0.39 is 0 Å². The van der Waals surface area contributed by atoms with Gasteiger partial charge in [-0.2, -0.15) is 0 Å². The van der Waals surface area contributed by atoms with E-state index in [1.54, 1.807) is 0 Å². The van der Waals surface area contributed by atoms with Gasteiger partial charge in [0.25, 0.3) is 0 Å². The van der Waals surface area contributed by atoms with Gasteiger partial charge in [0, 0.05) is 0 Å². The molecule has 0 unspecified atom stereocenters. The van der Waals surface area contributed by atoms with Crippen LogP contribution in [0.3, 0.4) is 0 Å². The highest BCUT2D eigenvalue weighted by atomic mass is 127. The first-order valence-corrected chi connectivity index (χ1v) is 3.38. The Bertz CT molecular complexity index is 53.5. The monoisotopic (exact) mass is 198 g/mol. The number of rotatable bonds is 1. The van der Waals surface area contributed by atoms with Crippen LogP contribution in [0.5, 0.6) is 0 Å². The van der Waals surface area contributed by atoms with Gasteiger partial charge in [0.2, 0.25) is 0 Å². The van der Waals surface area contributed by atoms with Crippen LogP contribution in [0.15, 0.2) is 0 Å². The first kappa shape index (κ1) is 4.84. The van der Waals surface area contributed by atoms with Gasteiger partial charge >= 0.3 is 0 Å². The van der Waals surface area contributed by atoms with Crippen LogP contribution in [0.25, 0.3) is 0 Å². The molecule has 1 fully saturated rings. The van der Waals surface area contributed by atoms with Crippen LogP contribution in [0.1, 0.15) is 13.3 Å². The van der Waals surface area contributed by atoms with Crippen LogP contribution in [0, 0.1) is 0 Å². The van der Waals surface area contributed by atoms with Crippen molar-refractivity contribution in [2.75, 3.05) is 0 Å². The molecule has 1 rings (SSSR count). The van der Waals surface area contributed by atoms with Crippen LogP contribution in [-0.4, -0.2) is 10.2 Å². The van der Waals surface area contributed by atoms with Gasteiger partial charge in [0.15, 0.2) is 0 Å². The van der Waals surface area contributed by atoms with E-state index in [1.165, 1.54) is 6.42 Å². The molecule has 6 heavy (non-hydrogen) atoms. The zero-order valence-electron chi connectivity index (χ0n) is 3.65. The molecular formula is C4H7IO. The molecule has 1 saturated heterocycles. The van der Waals surface area contributed by atoms with E-state index in [-0.39, 0.29) is 0 Å². The van der Waals surface area contributed by atoms with E-state index in [0.717, 1.165) is 0 Å². The molecule has 0 bridgehead atoms. The second-order valence-electron chi connectivity index (χ2n) is 1.43. The second kappa shape index (κ2) is 1.66. The van der Waals surface area contributed by atoms with Crippen molar-refractivity contribution < 1.29 is 4.74 Å². The molecule has 0 aromatic rings. The molecule has 1 heterocycles. The third kappa shape index (κ3) is 0.846. The Morgan fingerprint density at radius 2 is 2.33 bits per heavy atom. The molecule has 0 radical (unpaired) electrons. The van der Waals surface area contributed by atoms with Gasteiger partial charge in [0.1, 0.15) is 4.11 Å².